The molecule has 1 fully saturated rings. The maximum atomic E-state index is 12.3. The van der Waals surface area contributed by atoms with Crippen molar-refractivity contribution in [3.05, 3.63) is 11.7 Å². The molecule has 1 aliphatic heterocycles. The lowest BCUT2D eigenvalue weighted by Crippen LogP contribution is -2.40. The summed E-state index contributed by atoms with van der Waals surface area (Å²) in [7, 11) is 3.30. The lowest BCUT2D eigenvalue weighted by Gasteiger charge is -2.20. The van der Waals surface area contributed by atoms with Gasteiger partial charge in [0.1, 0.15) is 6.54 Å². The zero-order valence-corrected chi connectivity index (χ0v) is 12.6. The van der Waals surface area contributed by atoms with Crippen LogP contribution in [0.3, 0.4) is 0 Å². The van der Waals surface area contributed by atoms with Gasteiger partial charge in [-0.3, -0.25) is 9.59 Å². The first-order valence-electron chi connectivity index (χ1n) is 7.09. The molecule has 0 spiro atoms. The highest BCUT2D eigenvalue weighted by atomic mass is 16.5. The van der Waals surface area contributed by atoms with E-state index in [2.05, 4.69) is 15.5 Å². The first kappa shape index (κ1) is 15.4. The summed E-state index contributed by atoms with van der Waals surface area (Å²) in [5.41, 5.74) is 0. The third-order valence-corrected chi connectivity index (χ3v) is 3.49. The fourth-order valence-electron chi connectivity index (χ4n) is 2.13. The highest BCUT2D eigenvalue weighted by molar-refractivity contribution is 5.93. The fourth-order valence-corrected chi connectivity index (χ4v) is 2.13. The molecule has 0 aromatic carbocycles. The van der Waals surface area contributed by atoms with Crippen LogP contribution < -0.4 is 5.32 Å². The number of aromatic nitrogens is 2. The SMILES string of the molecule is CCN(CC(=O)N(C)C)C(=O)c1noc(C2CCCN2)n1. The number of carbonyl (C=O) groups is 2. The van der Waals surface area contributed by atoms with Crippen molar-refractivity contribution in [3.63, 3.8) is 0 Å². The Kier molecular flexibility index (Phi) is 4.89. The third-order valence-electron chi connectivity index (χ3n) is 3.49. The predicted molar refractivity (Wildman–Crippen MR) is 74.5 cm³/mol. The molecule has 1 aromatic rings. The van der Waals surface area contributed by atoms with Crippen LogP contribution in [-0.4, -0.2) is 65.5 Å². The van der Waals surface area contributed by atoms with Gasteiger partial charge >= 0.3 is 0 Å². The number of hydrogen-bond donors (Lipinski definition) is 1. The average Bonchev–Trinajstić information content (AvgIpc) is 3.13. The molecular formula is C13H21N5O3. The Labute approximate surface area is 123 Å². The first-order valence-corrected chi connectivity index (χ1v) is 7.09. The second-order valence-electron chi connectivity index (χ2n) is 5.21. The van der Waals surface area contributed by atoms with Crippen LogP contribution in [0.4, 0.5) is 0 Å². The molecule has 1 unspecified atom stereocenters. The number of carbonyl (C=O) groups excluding carboxylic acids is 2. The summed E-state index contributed by atoms with van der Waals surface area (Å²) in [6.45, 7) is 3.13. The molecular weight excluding hydrogens is 274 g/mol. The second kappa shape index (κ2) is 6.66. The molecule has 0 aliphatic carbocycles. The van der Waals surface area contributed by atoms with Crippen molar-refractivity contribution < 1.29 is 14.1 Å². The zero-order valence-electron chi connectivity index (χ0n) is 12.6. The fraction of sp³-hybridized carbons (Fsp3) is 0.692. The van der Waals surface area contributed by atoms with Crippen molar-refractivity contribution in [2.75, 3.05) is 33.7 Å². The van der Waals surface area contributed by atoms with E-state index >= 15 is 0 Å². The van der Waals surface area contributed by atoms with Gasteiger partial charge in [0.15, 0.2) is 0 Å². The van der Waals surface area contributed by atoms with Crippen LogP contribution in [0.15, 0.2) is 4.52 Å². The number of amides is 2. The van der Waals surface area contributed by atoms with E-state index in [0.29, 0.717) is 12.4 Å². The maximum absolute atomic E-state index is 12.3. The Morgan fingerprint density at radius 3 is 2.76 bits per heavy atom. The van der Waals surface area contributed by atoms with Gasteiger partial charge in [0, 0.05) is 20.6 Å². The normalized spacial score (nSPS) is 17.8. The minimum atomic E-state index is -0.388. The van der Waals surface area contributed by atoms with Crippen LogP contribution in [0.2, 0.25) is 0 Å². The van der Waals surface area contributed by atoms with E-state index in [1.54, 1.807) is 21.0 Å². The van der Waals surface area contributed by atoms with Gasteiger partial charge in [-0.15, -0.1) is 0 Å². The molecule has 8 heteroatoms. The van der Waals surface area contributed by atoms with E-state index in [9.17, 15) is 9.59 Å². The van der Waals surface area contributed by atoms with Crippen LogP contribution in [0, 0.1) is 0 Å². The molecule has 1 N–H and O–H groups in total. The van der Waals surface area contributed by atoms with E-state index < -0.39 is 0 Å². The van der Waals surface area contributed by atoms with Crippen molar-refractivity contribution in [1.29, 1.82) is 0 Å². The first-order chi connectivity index (χ1) is 10.0. The van der Waals surface area contributed by atoms with Gasteiger partial charge in [0.2, 0.25) is 11.8 Å². The van der Waals surface area contributed by atoms with Gasteiger partial charge in [-0.2, -0.15) is 4.98 Å². The van der Waals surface area contributed by atoms with E-state index in [0.717, 1.165) is 19.4 Å². The number of likely N-dealkylation sites (N-methyl/N-ethyl adjacent to an activating group) is 2. The van der Waals surface area contributed by atoms with Crippen LogP contribution in [-0.2, 0) is 4.79 Å². The third kappa shape index (κ3) is 3.57. The Hall–Kier alpha value is -1.96. The highest BCUT2D eigenvalue weighted by Gasteiger charge is 2.27. The van der Waals surface area contributed by atoms with Gasteiger partial charge in [0.25, 0.3) is 11.7 Å². The van der Waals surface area contributed by atoms with Crippen molar-refractivity contribution in [1.82, 2.24) is 25.3 Å². The monoisotopic (exact) mass is 295 g/mol. The molecule has 8 nitrogen and oxygen atoms in total. The van der Waals surface area contributed by atoms with Gasteiger partial charge in [-0.25, -0.2) is 0 Å². The molecule has 0 radical (unpaired) electrons. The van der Waals surface area contributed by atoms with Crippen molar-refractivity contribution in [2.45, 2.75) is 25.8 Å². The zero-order chi connectivity index (χ0) is 15.4. The minimum absolute atomic E-state index is 0.00658. The molecule has 1 aliphatic rings. The van der Waals surface area contributed by atoms with Gasteiger partial charge in [-0.1, -0.05) is 5.16 Å². The summed E-state index contributed by atoms with van der Waals surface area (Å²) in [5, 5.41) is 6.97. The van der Waals surface area contributed by atoms with E-state index in [1.165, 1.54) is 9.80 Å². The quantitative estimate of drug-likeness (QED) is 0.825. The van der Waals surface area contributed by atoms with Crippen molar-refractivity contribution in [2.24, 2.45) is 0 Å². The van der Waals surface area contributed by atoms with Gasteiger partial charge < -0.3 is 19.6 Å². The van der Waals surface area contributed by atoms with E-state index in [-0.39, 0.29) is 30.2 Å². The Morgan fingerprint density at radius 1 is 1.43 bits per heavy atom. The van der Waals surface area contributed by atoms with Gasteiger partial charge in [0.05, 0.1) is 6.04 Å². The molecule has 2 rings (SSSR count). The molecule has 0 bridgehead atoms. The Bertz CT molecular complexity index is 508. The number of nitrogens with zero attached hydrogens (tertiary/aromatic N) is 4. The maximum Gasteiger partial charge on any atom is 0.295 e. The summed E-state index contributed by atoms with van der Waals surface area (Å²) in [4.78, 5) is 31.0. The molecule has 0 saturated carbocycles. The van der Waals surface area contributed by atoms with Crippen molar-refractivity contribution >= 4 is 11.8 Å². The summed E-state index contributed by atoms with van der Waals surface area (Å²) >= 11 is 0. The summed E-state index contributed by atoms with van der Waals surface area (Å²) in [6, 6.07) is 0.0255. The molecule has 1 atom stereocenters. The highest BCUT2D eigenvalue weighted by Crippen LogP contribution is 2.21. The Morgan fingerprint density at radius 2 is 2.19 bits per heavy atom. The number of rotatable bonds is 5. The topological polar surface area (TPSA) is 91.6 Å². The second-order valence-corrected chi connectivity index (χ2v) is 5.21. The molecule has 2 amide bonds. The van der Waals surface area contributed by atoms with Crippen molar-refractivity contribution in [3.8, 4) is 0 Å². The molecule has 1 aromatic heterocycles. The summed E-state index contributed by atoms with van der Waals surface area (Å²) < 4.78 is 5.15. The smallest absolute Gasteiger partial charge is 0.295 e. The van der Waals surface area contributed by atoms with E-state index in [4.69, 9.17) is 4.52 Å². The van der Waals surface area contributed by atoms with Crippen LogP contribution in [0.25, 0.3) is 0 Å². The largest absolute Gasteiger partial charge is 0.347 e. The molecule has 2 heterocycles. The van der Waals surface area contributed by atoms with Crippen LogP contribution in [0.1, 0.15) is 42.3 Å². The Balaban J connectivity index is 2.05. The average molecular weight is 295 g/mol. The molecule has 116 valence electrons. The lowest BCUT2D eigenvalue weighted by molar-refractivity contribution is -0.129. The molecule has 1 saturated heterocycles. The summed E-state index contributed by atoms with van der Waals surface area (Å²) in [5.74, 6) is -0.0926. The predicted octanol–water partition coefficient (Wildman–Crippen LogP) is 0.0444. The van der Waals surface area contributed by atoms with Gasteiger partial charge in [-0.05, 0) is 26.3 Å². The van der Waals surface area contributed by atoms with Crippen LogP contribution >= 0.6 is 0 Å². The van der Waals surface area contributed by atoms with E-state index in [1.807, 2.05) is 0 Å². The standard InChI is InChI=1S/C13H21N5O3/c1-4-18(8-10(19)17(2)3)13(20)11-15-12(21-16-11)9-6-5-7-14-9/h9,14H,4-8H2,1-3H3. The molecule has 21 heavy (non-hydrogen) atoms. The minimum Gasteiger partial charge on any atom is -0.347 e. The summed E-state index contributed by atoms with van der Waals surface area (Å²) in [6.07, 6.45) is 1.97. The number of hydrogen-bond acceptors (Lipinski definition) is 6. The van der Waals surface area contributed by atoms with Crippen LogP contribution in [0.5, 0.6) is 0 Å². The number of nitrogens with one attached hydrogen (secondary N) is 1. The lowest BCUT2D eigenvalue weighted by atomic mass is 10.2.